The van der Waals surface area contributed by atoms with E-state index in [9.17, 15) is 23.6 Å². The minimum atomic E-state index is -0.691. The molecule has 2 heterocycles. The van der Waals surface area contributed by atoms with Crippen LogP contribution < -0.4 is 32.2 Å². The molecule has 0 aliphatic carbocycles. The molecule has 4 rings (SSSR count). The number of likely N-dealkylation sites (N-methyl/N-ethyl adjacent to an activating group) is 1. The lowest BCUT2D eigenvalue weighted by atomic mass is 10.1. The van der Waals surface area contributed by atoms with Crippen LogP contribution in [0.5, 0.6) is 5.75 Å². The number of nitrogens with zero attached hydrogens (tertiary/aromatic N) is 3. The highest BCUT2D eigenvalue weighted by Crippen LogP contribution is 2.28. The Bertz CT molecular complexity index is 1740. The Morgan fingerprint density at radius 1 is 1.05 bits per heavy atom. The molecule has 1 amide bonds. The summed E-state index contributed by atoms with van der Waals surface area (Å²) in [6.07, 6.45) is 0. The summed E-state index contributed by atoms with van der Waals surface area (Å²) in [6.45, 7) is 1.28. The van der Waals surface area contributed by atoms with Gasteiger partial charge < -0.3 is 15.4 Å². The van der Waals surface area contributed by atoms with Gasteiger partial charge in [-0.2, -0.15) is 0 Å². The Morgan fingerprint density at radius 2 is 1.78 bits per heavy atom. The molecule has 0 bridgehead atoms. The van der Waals surface area contributed by atoms with Crippen LogP contribution in [-0.4, -0.2) is 33.3 Å². The lowest BCUT2D eigenvalue weighted by molar-refractivity contribution is -0.122. The van der Waals surface area contributed by atoms with Crippen molar-refractivity contribution in [2.45, 2.75) is 6.92 Å². The van der Waals surface area contributed by atoms with E-state index in [1.165, 1.54) is 55.4 Å². The number of halogens is 2. The zero-order chi connectivity index (χ0) is 27.0. The van der Waals surface area contributed by atoms with Crippen LogP contribution in [0, 0.1) is 16.3 Å². The normalized spacial score (nSPS) is 11.0. The molecule has 0 radical (unpaired) electrons. The van der Waals surface area contributed by atoms with E-state index in [-0.39, 0.29) is 40.5 Å². The number of fused-ring (bicyclic) bond motifs is 1. The predicted octanol–water partition coefficient (Wildman–Crippen LogP) is 2.31. The van der Waals surface area contributed by atoms with E-state index in [1.807, 2.05) is 22.6 Å². The SMILES string of the molecule is CNC(=O)COc1cccc(-n2c(=O)n(C)c(=O)c3c(Nc4ccc(I)cc4F)n(C)c(=O)c(C)c32)c1. The summed E-state index contributed by atoms with van der Waals surface area (Å²) in [7, 11) is 4.27. The van der Waals surface area contributed by atoms with E-state index in [0.717, 1.165) is 4.57 Å². The lowest BCUT2D eigenvalue weighted by Gasteiger charge is -2.20. The summed E-state index contributed by atoms with van der Waals surface area (Å²) in [5.74, 6) is -0.574. The molecular weight excluding hydrogens is 596 g/mol. The molecule has 0 aliphatic rings. The number of benzene rings is 2. The number of aromatic nitrogens is 3. The first-order chi connectivity index (χ1) is 17.5. The van der Waals surface area contributed by atoms with Crippen LogP contribution in [0.2, 0.25) is 0 Å². The Hall–Kier alpha value is -3.94. The van der Waals surface area contributed by atoms with Gasteiger partial charge in [0, 0.05) is 36.3 Å². The van der Waals surface area contributed by atoms with Crippen LogP contribution in [-0.2, 0) is 18.9 Å². The van der Waals surface area contributed by atoms with Crippen molar-refractivity contribution < 1.29 is 13.9 Å². The van der Waals surface area contributed by atoms with Crippen LogP contribution >= 0.6 is 22.6 Å². The van der Waals surface area contributed by atoms with Gasteiger partial charge in [-0.3, -0.25) is 28.1 Å². The van der Waals surface area contributed by atoms with Crippen molar-refractivity contribution in [1.82, 2.24) is 19.0 Å². The van der Waals surface area contributed by atoms with Gasteiger partial charge in [0.05, 0.1) is 16.9 Å². The lowest BCUT2D eigenvalue weighted by Crippen LogP contribution is -2.40. The van der Waals surface area contributed by atoms with Crippen LogP contribution in [0.1, 0.15) is 5.56 Å². The van der Waals surface area contributed by atoms with Gasteiger partial charge in [0.15, 0.2) is 6.61 Å². The van der Waals surface area contributed by atoms with E-state index in [2.05, 4.69) is 10.6 Å². The van der Waals surface area contributed by atoms with E-state index in [4.69, 9.17) is 4.74 Å². The highest BCUT2D eigenvalue weighted by molar-refractivity contribution is 14.1. The number of hydrogen-bond donors (Lipinski definition) is 2. The van der Waals surface area contributed by atoms with Gasteiger partial charge in [-0.25, -0.2) is 9.18 Å². The van der Waals surface area contributed by atoms with Gasteiger partial charge in [-0.05, 0) is 59.8 Å². The Labute approximate surface area is 223 Å². The number of carbonyl (C=O) groups is 1. The van der Waals surface area contributed by atoms with Crippen LogP contribution in [0.4, 0.5) is 15.9 Å². The quantitative estimate of drug-likeness (QED) is 0.320. The topological polar surface area (TPSA) is 116 Å². The highest BCUT2D eigenvalue weighted by atomic mass is 127. The average Bonchev–Trinajstić information content (AvgIpc) is 2.88. The van der Waals surface area contributed by atoms with E-state index in [1.54, 1.807) is 24.3 Å². The fraction of sp³-hybridized carbons (Fsp3) is 0.200. The maximum atomic E-state index is 14.7. The fourth-order valence-electron chi connectivity index (χ4n) is 3.94. The highest BCUT2D eigenvalue weighted by Gasteiger charge is 2.23. The minimum absolute atomic E-state index is 0.0244. The third-order valence-electron chi connectivity index (χ3n) is 5.92. The molecule has 12 heteroatoms. The molecule has 0 unspecified atom stereocenters. The second-order valence-electron chi connectivity index (χ2n) is 8.25. The molecule has 0 aliphatic heterocycles. The van der Waals surface area contributed by atoms with Crippen molar-refractivity contribution in [1.29, 1.82) is 0 Å². The summed E-state index contributed by atoms with van der Waals surface area (Å²) < 4.78 is 24.2. The average molecular weight is 619 g/mol. The summed E-state index contributed by atoms with van der Waals surface area (Å²) >= 11 is 1.97. The van der Waals surface area contributed by atoms with Crippen molar-refractivity contribution in [2.75, 3.05) is 19.0 Å². The number of rotatable bonds is 6. The second kappa shape index (κ2) is 10.2. The second-order valence-corrected chi connectivity index (χ2v) is 9.50. The van der Waals surface area contributed by atoms with Gasteiger partial charge in [0.1, 0.15) is 22.8 Å². The van der Waals surface area contributed by atoms with Crippen molar-refractivity contribution in [3.8, 4) is 11.4 Å². The molecule has 2 aromatic carbocycles. The molecule has 0 saturated carbocycles. The van der Waals surface area contributed by atoms with Crippen molar-refractivity contribution in [2.24, 2.45) is 14.1 Å². The minimum Gasteiger partial charge on any atom is -0.484 e. The number of anilines is 2. The maximum Gasteiger partial charge on any atom is 0.335 e. The Kier molecular flexibility index (Phi) is 7.21. The molecule has 0 fully saturated rings. The zero-order valence-corrected chi connectivity index (χ0v) is 22.5. The number of nitrogens with one attached hydrogen (secondary N) is 2. The summed E-state index contributed by atoms with van der Waals surface area (Å²) in [5.41, 5.74) is -1.23. The third kappa shape index (κ3) is 4.75. The van der Waals surface area contributed by atoms with E-state index >= 15 is 0 Å². The molecule has 192 valence electrons. The monoisotopic (exact) mass is 619 g/mol. The fourth-order valence-corrected chi connectivity index (χ4v) is 4.39. The summed E-state index contributed by atoms with van der Waals surface area (Å²) in [6, 6.07) is 10.9. The van der Waals surface area contributed by atoms with Crippen LogP contribution in [0.25, 0.3) is 16.6 Å². The molecule has 0 saturated heterocycles. The number of carbonyl (C=O) groups excluding carboxylic acids is 1. The summed E-state index contributed by atoms with van der Waals surface area (Å²) in [5, 5.41) is 5.36. The van der Waals surface area contributed by atoms with Gasteiger partial charge >= 0.3 is 5.69 Å². The number of pyridine rings is 1. The van der Waals surface area contributed by atoms with Crippen molar-refractivity contribution in [3.05, 3.63) is 88.6 Å². The first-order valence-corrected chi connectivity index (χ1v) is 12.1. The molecule has 4 aromatic rings. The maximum absolute atomic E-state index is 14.7. The molecular formula is C25H23FIN5O5. The molecule has 0 atom stereocenters. The van der Waals surface area contributed by atoms with Gasteiger partial charge in [0.25, 0.3) is 17.0 Å². The van der Waals surface area contributed by atoms with Gasteiger partial charge in [-0.15, -0.1) is 0 Å². The Morgan fingerprint density at radius 3 is 2.46 bits per heavy atom. The first kappa shape index (κ1) is 26.1. The number of amides is 1. The largest absolute Gasteiger partial charge is 0.484 e. The molecule has 2 aromatic heterocycles. The Balaban J connectivity index is 2.04. The van der Waals surface area contributed by atoms with Crippen molar-refractivity contribution in [3.63, 3.8) is 0 Å². The zero-order valence-electron chi connectivity index (χ0n) is 20.4. The molecule has 37 heavy (non-hydrogen) atoms. The smallest absolute Gasteiger partial charge is 0.335 e. The van der Waals surface area contributed by atoms with E-state index in [0.29, 0.717) is 15.0 Å². The predicted molar refractivity (Wildman–Crippen MR) is 147 cm³/mol. The van der Waals surface area contributed by atoms with Gasteiger partial charge in [-0.1, -0.05) is 6.07 Å². The van der Waals surface area contributed by atoms with Crippen LogP contribution in [0.15, 0.2) is 56.8 Å². The molecule has 10 nitrogen and oxygen atoms in total. The van der Waals surface area contributed by atoms with Crippen LogP contribution in [0.3, 0.4) is 0 Å². The number of ether oxygens (including phenoxy) is 1. The number of aryl methyl sites for hydroxylation is 1. The van der Waals surface area contributed by atoms with Gasteiger partial charge in [0.2, 0.25) is 0 Å². The summed E-state index contributed by atoms with van der Waals surface area (Å²) in [4.78, 5) is 51.6. The van der Waals surface area contributed by atoms with Crippen molar-refractivity contribution >= 4 is 50.9 Å². The van der Waals surface area contributed by atoms with E-state index < -0.39 is 22.6 Å². The standard InChI is InChI=1S/C25H23FIN5O5/c1-13-21-20(22(30(3)23(13)34)29-18-9-8-14(27)10-17(18)26)24(35)31(4)25(36)32(21)15-6-5-7-16(11-15)37-12-19(33)28-2/h5-11,29H,12H2,1-4H3,(H,28,33). The number of hydrogen-bond acceptors (Lipinski definition) is 6. The molecule has 0 spiro atoms. The first-order valence-electron chi connectivity index (χ1n) is 11.1. The molecule has 2 N–H and O–H groups in total. The third-order valence-corrected chi connectivity index (χ3v) is 6.59.